The molecular formula is C23H14Cl2N2O2S. The third kappa shape index (κ3) is 3.45. The molecule has 0 bridgehead atoms. The summed E-state index contributed by atoms with van der Waals surface area (Å²) in [4.78, 5) is 18.1. The van der Waals surface area contributed by atoms with E-state index in [-0.39, 0.29) is 5.56 Å². The first kappa shape index (κ1) is 19.1. The van der Waals surface area contributed by atoms with Gasteiger partial charge in [-0.1, -0.05) is 77.0 Å². The van der Waals surface area contributed by atoms with E-state index >= 15 is 0 Å². The Morgan fingerprint density at radius 1 is 1.00 bits per heavy atom. The van der Waals surface area contributed by atoms with Gasteiger partial charge in [-0.05, 0) is 41.5 Å². The van der Waals surface area contributed by atoms with Crippen molar-refractivity contribution >= 4 is 56.6 Å². The number of aromatic nitrogens is 2. The highest BCUT2D eigenvalue weighted by atomic mass is 35.5. The molecular weight excluding hydrogens is 439 g/mol. The Morgan fingerprint density at radius 3 is 2.47 bits per heavy atom. The SMILES string of the molecule is O=c1c(=Cc2cc(Cl)c(OCc3ccccc3)c(Cl)c2)sc2nc3ccccc3n12. The summed E-state index contributed by atoms with van der Waals surface area (Å²) in [5.41, 5.74) is 3.24. The van der Waals surface area contributed by atoms with Crippen LogP contribution in [0.4, 0.5) is 0 Å². The minimum absolute atomic E-state index is 0.111. The van der Waals surface area contributed by atoms with Gasteiger partial charge in [0, 0.05) is 0 Å². The highest BCUT2D eigenvalue weighted by molar-refractivity contribution is 7.15. The Labute approximate surface area is 185 Å². The molecule has 0 saturated carbocycles. The summed E-state index contributed by atoms with van der Waals surface area (Å²) in [6, 6.07) is 20.8. The first-order chi connectivity index (χ1) is 14.6. The molecule has 0 aliphatic carbocycles. The van der Waals surface area contributed by atoms with Crippen molar-refractivity contribution in [3.8, 4) is 5.75 Å². The van der Waals surface area contributed by atoms with E-state index in [9.17, 15) is 4.79 Å². The summed E-state index contributed by atoms with van der Waals surface area (Å²) >= 11 is 14.2. The lowest BCUT2D eigenvalue weighted by Gasteiger charge is -2.11. The fraction of sp³-hybridized carbons (Fsp3) is 0.0435. The zero-order chi connectivity index (χ0) is 20.7. The fourth-order valence-electron chi connectivity index (χ4n) is 3.29. The van der Waals surface area contributed by atoms with Crippen molar-refractivity contribution in [3.05, 3.63) is 103 Å². The van der Waals surface area contributed by atoms with Crippen LogP contribution in [0.3, 0.4) is 0 Å². The average Bonchev–Trinajstić information content (AvgIpc) is 3.24. The summed E-state index contributed by atoms with van der Waals surface area (Å²) in [7, 11) is 0. The van der Waals surface area contributed by atoms with Crippen LogP contribution in [0.5, 0.6) is 5.75 Å². The number of thiazole rings is 1. The minimum Gasteiger partial charge on any atom is -0.486 e. The molecule has 2 heterocycles. The Bertz CT molecular complexity index is 1470. The molecule has 4 nitrogen and oxygen atoms in total. The fourth-order valence-corrected chi connectivity index (χ4v) is 4.89. The monoisotopic (exact) mass is 452 g/mol. The van der Waals surface area contributed by atoms with Gasteiger partial charge in [-0.15, -0.1) is 0 Å². The average molecular weight is 453 g/mol. The van der Waals surface area contributed by atoms with Gasteiger partial charge in [-0.25, -0.2) is 9.38 Å². The topological polar surface area (TPSA) is 43.6 Å². The summed E-state index contributed by atoms with van der Waals surface area (Å²) in [5.74, 6) is 0.425. The normalized spacial score (nSPS) is 12.1. The van der Waals surface area contributed by atoms with Gasteiger partial charge >= 0.3 is 0 Å². The third-order valence-corrected chi connectivity index (χ3v) is 6.22. The van der Waals surface area contributed by atoms with E-state index < -0.39 is 0 Å². The van der Waals surface area contributed by atoms with Crippen LogP contribution in [0, 0.1) is 0 Å². The van der Waals surface area contributed by atoms with Crippen LogP contribution in [0.15, 0.2) is 71.5 Å². The molecule has 0 saturated heterocycles. The number of hydrogen-bond acceptors (Lipinski definition) is 4. The predicted molar refractivity (Wildman–Crippen MR) is 123 cm³/mol. The van der Waals surface area contributed by atoms with E-state index in [0.29, 0.717) is 31.9 Å². The quantitative estimate of drug-likeness (QED) is 0.369. The predicted octanol–water partition coefficient (Wildman–Crippen LogP) is 5.34. The van der Waals surface area contributed by atoms with E-state index in [1.54, 1.807) is 22.6 Å². The molecule has 0 unspecified atom stereocenters. The minimum atomic E-state index is -0.111. The van der Waals surface area contributed by atoms with Crippen molar-refractivity contribution < 1.29 is 4.74 Å². The molecule has 30 heavy (non-hydrogen) atoms. The second-order valence-corrected chi connectivity index (χ2v) is 8.55. The van der Waals surface area contributed by atoms with Crippen molar-refractivity contribution in [2.24, 2.45) is 0 Å². The number of para-hydroxylation sites is 2. The lowest BCUT2D eigenvalue weighted by molar-refractivity contribution is 0.306. The van der Waals surface area contributed by atoms with Gasteiger partial charge in [-0.3, -0.25) is 4.79 Å². The van der Waals surface area contributed by atoms with Crippen LogP contribution < -0.4 is 14.8 Å². The van der Waals surface area contributed by atoms with Gasteiger partial charge < -0.3 is 4.74 Å². The van der Waals surface area contributed by atoms with Crippen molar-refractivity contribution in [2.75, 3.05) is 0 Å². The zero-order valence-electron chi connectivity index (χ0n) is 15.5. The van der Waals surface area contributed by atoms with Gasteiger partial charge in [0.25, 0.3) is 5.56 Å². The van der Waals surface area contributed by atoms with E-state index in [0.717, 1.165) is 22.2 Å². The van der Waals surface area contributed by atoms with E-state index in [1.807, 2.05) is 54.6 Å². The lowest BCUT2D eigenvalue weighted by atomic mass is 10.2. The molecule has 0 radical (unpaired) electrons. The number of ether oxygens (including phenoxy) is 1. The molecule has 0 spiro atoms. The van der Waals surface area contributed by atoms with E-state index in [4.69, 9.17) is 27.9 Å². The molecule has 0 aliphatic rings. The third-order valence-electron chi connectivity index (χ3n) is 4.69. The van der Waals surface area contributed by atoms with E-state index in [2.05, 4.69) is 4.98 Å². The molecule has 5 aromatic rings. The molecule has 5 rings (SSSR count). The number of nitrogens with zero attached hydrogens (tertiary/aromatic N) is 2. The number of fused-ring (bicyclic) bond motifs is 3. The first-order valence-electron chi connectivity index (χ1n) is 9.17. The van der Waals surface area contributed by atoms with Crippen LogP contribution in [0.2, 0.25) is 10.0 Å². The van der Waals surface area contributed by atoms with Crippen molar-refractivity contribution in [1.82, 2.24) is 9.38 Å². The summed E-state index contributed by atoms with van der Waals surface area (Å²) in [6.07, 6.45) is 1.77. The molecule has 0 fully saturated rings. The highest BCUT2D eigenvalue weighted by Gasteiger charge is 2.12. The Balaban J connectivity index is 1.51. The molecule has 0 atom stereocenters. The molecule has 0 N–H and O–H groups in total. The second-order valence-electron chi connectivity index (χ2n) is 6.72. The Morgan fingerprint density at radius 2 is 1.70 bits per heavy atom. The van der Waals surface area contributed by atoms with Gasteiger partial charge in [0.1, 0.15) is 6.61 Å². The van der Waals surface area contributed by atoms with Crippen molar-refractivity contribution in [3.63, 3.8) is 0 Å². The molecule has 0 aliphatic heterocycles. The van der Waals surface area contributed by atoms with Gasteiger partial charge in [0.15, 0.2) is 10.7 Å². The number of hydrogen-bond donors (Lipinski definition) is 0. The zero-order valence-corrected chi connectivity index (χ0v) is 17.8. The Kier molecular flexibility index (Phi) is 4.95. The molecule has 7 heteroatoms. The van der Waals surface area contributed by atoms with E-state index in [1.165, 1.54) is 11.3 Å². The van der Waals surface area contributed by atoms with Gasteiger partial charge in [-0.2, -0.15) is 0 Å². The van der Waals surface area contributed by atoms with Gasteiger partial charge in [0.2, 0.25) is 0 Å². The van der Waals surface area contributed by atoms with Crippen LogP contribution in [-0.2, 0) is 6.61 Å². The first-order valence-corrected chi connectivity index (χ1v) is 10.7. The smallest absolute Gasteiger partial charge is 0.274 e. The molecule has 3 aromatic carbocycles. The lowest BCUT2D eigenvalue weighted by Crippen LogP contribution is -2.22. The maximum Gasteiger partial charge on any atom is 0.274 e. The number of rotatable bonds is 4. The summed E-state index contributed by atoms with van der Waals surface area (Å²) in [5, 5.41) is 0.785. The molecule has 148 valence electrons. The van der Waals surface area contributed by atoms with Crippen LogP contribution in [0.1, 0.15) is 11.1 Å². The highest BCUT2D eigenvalue weighted by Crippen LogP contribution is 2.35. The largest absolute Gasteiger partial charge is 0.486 e. The molecule has 0 amide bonds. The van der Waals surface area contributed by atoms with Crippen LogP contribution in [-0.4, -0.2) is 9.38 Å². The summed E-state index contributed by atoms with van der Waals surface area (Å²) < 4.78 is 8.01. The second kappa shape index (κ2) is 7.76. The summed E-state index contributed by atoms with van der Waals surface area (Å²) in [6.45, 7) is 0.364. The van der Waals surface area contributed by atoms with Crippen LogP contribution in [0.25, 0.3) is 22.1 Å². The number of imidazole rings is 1. The Hall–Kier alpha value is -2.86. The number of benzene rings is 3. The maximum absolute atomic E-state index is 12.9. The standard InChI is InChI=1S/C23H14Cl2N2O2S/c24-16-10-15(11-17(25)21(16)29-13-14-6-2-1-3-7-14)12-20-22(28)27-19-9-5-4-8-18(19)26-23(27)30-20/h1-12H,13H2. The maximum atomic E-state index is 12.9. The van der Waals surface area contributed by atoms with Crippen molar-refractivity contribution in [2.45, 2.75) is 6.61 Å². The van der Waals surface area contributed by atoms with Gasteiger partial charge in [0.05, 0.1) is 25.6 Å². The van der Waals surface area contributed by atoms with Crippen molar-refractivity contribution in [1.29, 1.82) is 0 Å². The van der Waals surface area contributed by atoms with Crippen LogP contribution >= 0.6 is 34.5 Å². The number of halogens is 2. The molecule has 2 aromatic heterocycles.